The van der Waals surface area contributed by atoms with Gasteiger partial charge in [-0.15, -0.1) is 0 Å². The molecule has 4 heteroatoms. The number of hydrogen-bond donors (Lipinski definition) is 0. The molecule has 1 aromatic carbocycles. The van der Waals surface area contributed by atoms with E-state index in [-0.39, 0.29) is 0 Å². The van der Waals surface area contributed by atoms with Gasteiger partial charge in [0.25, 0.3) is 0 Å². The summed E-state index contributed by atoms with van der Waals surface area (Å²) in [5.74, 6) is 0. The average Bonchev–Trinajstić information content (AvgIpc) is 2.95. The van der Waals surface area contributed by atoms with Gasteiger partial charge in [-0.25, -0.2) is 4.68 Å². The highest BCUT2D eigenvalue weighted by Gasteiger charge is 2.07. The second-order valence-corrected chi connectivity index (χ2v) is 4.39. The van der Waals surface area contributed by atoms with Gasteiger partial charge in [0.2, 0.25) is 0 Å². The summed E-state index contributed by atoms with van der Waals surface area (Å²) in [5.41, 5.74) is 2.11. The highest BCUT2D eigenvalue weighted by Crippen LogP contribution is 2.18. The Kier molecular flexibility index (Phi) is 2.21. The third kappa shape index (κ3) is 1.62. The maximum absolute atomic E-state index is 4.40. The summed E-state index contributed by atoms with van der Waals surface area (Å²) in [5, 5.41) is 9.88. The molecular weight excluding hydrogens is 212 g/mol. The van der Waals surface area contributed by atoms with E-state index in [0.29, 0.717) is 6.04 Å². The average molecular weight is 226 g/mol. The molecule has 0 atom stereocenters. The maximum atomic E-state index is 4.40. The lowest BCUT2D eigenvalue weighted by atomic mass is 10.2. The Bertz CT molecular complexity index is 648. The SMILES string of the molecule is CC(C)n1cc(-n2ncc3ccccc32)cn1. The number of para-hydroxylation sites is 1. The molecule has 0 aliphatic carbocycles. The van der Waals surface area contributed by atoms with E-state index in [2.05, 4.69) is 36.2 Å². The topological polar surface area (TPSA) is 35.6 Å². The molecule has 0 aliphatic heterocycles. The Balaban J connectivity index is 2.14. The first-order chi connectivity index (χ1) is 8.25. The van der Waals surface area contributed by atoms with E-state index in [0.717, 1.165) is 16.6 Å². The zero-order valence-electron chi connectivity index (χ0n) is 9.91. The van der Waals surface area contributed by atoms with Crippen molar-refractivity contribution < 1.29 is 0 Å². The van der Waals surface area contributed by atoms with Gasteiger partial charge >= 0.3 is 0 Å². The van der Waals surface area contributed by atoms with Crippen LogP contribution in [-0.4, -0.2) is 19.6 Å². The number of nitrogens with zero attached hydrogens (tertiary/aromatic N) is 4. The lowest BCUT2D eigenvalue weighted by molar-refractivity contribution is 0.532. The molecule has 3 aromatic rings. The van der Waals surface area contributed by atoms with Gasteiger partial charge in [0.15, 0.2) is 0 Å². The van der Waals surface area contributed by atoms with E-state index in [1.54, 1.807) is 0 Å². The quantitative estimate of drug-likeness (QED) is 0.673. The second kappa shape index (κ2) is 3.73. The first kappa shape index (κ1) is 10.1. The Morgan fingerprint density at radius 2 is 1.88 bits per heavy atom. The van der Waals surface area contributed by atoms with Crippen LogP contribution in [0.1, 0.15) is 19.9 Å². The lowest BCUT2D eigenvalue weighted by Crippen LogP contribution is -2.00. The smallest absolute Gasteiger partial charge is 0.103 e. The summed E-state index contributed by atoms with van der Waals surface area (Å²) in [7, 11) is 0. The summed E-state index contributed by atoms with van der Waals surface area (Å²) in [6, 6.07) is 8.53. The maximum Gasteiger partial charge on any atom is 0.103 e. The highest BCUT2D eigenvalue weighted by atomic mass is 15.3. The zero-order chi connectivity index (χ0) is 11.8. The molecule has 17 heavy (non-hydrogen) atoms. The van der Waals surface area contributed by atoms with Gasteiger partial charge in [-0.1, -0.05) is 18.2 Å². The van der Waals surface area contributed by atoms with Crippen LogP contribution >= 0.6 is 0 Å². The molecule has 0 fully saturated rings. The molecule has 0 saturated heterocycles. The highest BCUT2D eigenvalue weighted by molar-refractivity contribution is 5.79. The van der Waals surface area contributed by atoms with Gasteiger partial charge in [-0.2, -0.15) is 10.2 Å². The summed E-state index contributed by atoms with van der Waals surface area (Å²) < 4.78 is 3.85. The van der Waals surface area contributed by atoms with E-state index in [4.69, 9.17) is 0 Å². The van der Waals surface area contributed by atoms with Gasteiger partial charge in [0.1, 0.15) is 5.69 Å². The Labute approximate surface area is 99.5 Å². The van der Waals surface area contributed by atoms with Gasteiger partial charge < -0.3 is 0 Å². The number of fused-ring (bicyclic) bond motifs is 1. The molecule has 3 rings (SSSR count). The van der Waals surface area contributed by atoms with Crippen LogP contribution < -0.4 is 0 Å². The minimum Gasteiger partial charge on any atom is -0.268 e. The van der Waals surface area contributed by atoms with E-state index < -0.39 is 0 Å². The van der Waals surface area contributed by atoms with Crippen molar-refractivity contribution in [2.75, 3.05) is 0 Å². The van der Waals surface area contributed by atoms with Crippen LogP contribution in [0, 0.1) is 0 Å². The third-order valence-corrected chi connectivity index (χ3v) is 2.84. The predicted octanol–water partition coefficient (Wildman–Crippen LogP) is 2.80. The Hall–Kier alpha value is -2.10. The van der Waals surface area contributed by atoms with E-state index in [9.17, 15) is 0 Å². The van der Waals surface area contributed by atoms with Crippen molar-refractivity contribution in [3.63, 3.8) is 0 Å². The van der Waals surface area contributed by atoms with E-state index in [1.165, 1.54) is 0 Å². The molecule has 2 heterocycles. The fraction of sp³-hybridized carbons (Fsp3) is 0.231. The Morgan fingerprint density at radius 1 is 1.06 bits per heavy atom. The van der Waals surface area contributed by atoms with Gasteiger partial charge in [-0.05, 0) is 19.9 Å². The Morgan fingerprint density at radius 3 is 2.65 bits per heavy atom. The van der Waals surface area contributed by atoms with Crippen molar-refractivity contribution in [1.29, 1.82) is 0 Å². The molecule has 0 aliphatic rings. The van der Waals surface area contributed by atoms with Crippen molar-refractivity contribution in [2.24, 2.45) is 0 Å². The molecule has 0 saturated carbocycles. The van der Waals surface area contributed by atoms with E-state index in [1.807, 2.05) is 40.1 Å². The minimum atomic E-state index is 0.366. The summed E-state index contributed by atoms with van der Waals surface area (Å²) in [6.45, 7) is 4.22. The van der Waals surface area contributed by atoms with Crippen LogP contribution in [0.25, 0.3) is 16.6 Å². The molecule has 0 radical (unpaired) electrons. The van der Waals surface area contributed by atoms with Crippen molar-refractivity contribution in [1.82, 2.24) is 19.6 Å². The molecule has 2 aromatic heterocycles. The molecule has 0 unspecified atom stereocenters. The van der Waals surface area contributed by atoms with Crippen molar-refractivity contribution >= 4 is 10.9 Å². The number of benzene rings is 1. The molecule has 4 nitrogen and oxygen atoms in total. The molecular formula is C13H14N4. The fourth-order valence-electron chi connectivity index (χ4n) is 1.90. The molecule has 0 N–H and O–H groups in total. The van der Waals surface area contributed by atoms with Crippen LogP contribution in [-0.2, 0) is 0 Å². The van der Waals surface area contributed by atoms with Gasteiger partial charge in [0, 0.05) is 11.4 Å². The molecule has 0 spiro atoms. The van der Waals surface area contributed by atoms with Gasteiger partial charge in [0.05, 0.1) is 24.1 Å². The monoisotopic (exact) mass is 226 g/mol. The minimum absolute atomic E-state index is 0.366. The third-order valence-electron chi connectivity index (χ3n) is 2.84. The predicted molar refractivity (Wildman–Crippen MR) is 67.2 cm³/mol. The second-order valence-electron chi connectivity index (χ2n) is 4.39. The largest absolute Gasteiger partial charge is 0.268 e. The summed E-state index contributed by atoms with van der Waals surface area (Å²) in [6.07, 6.45) is 5.74. The van der Waals surface area contributed by atoms with Crippen LogP contribution in [0.3, 0.4) is 0 Å². The summed E-state index contributed by atoms with van der Waals surface area (Å²) in [4.78, 5) is 0. The molecule has 86 valence electrons. The fourth-order valence-corrected chi connectivity index (χ4v) is 1.90. The van der Waals surface area contributed by atoms with Crippen LogP contribution in [0.2, 0.25) is 0 Å². The van der Waals surface area contributed by atoms with E-state index >= 15 is 0 Å². The number of rotatable bonds is 2. The zero-order valence-corrected chi connectivity index (χ0v) is 9.91. The first-order valence-corrected chi connectivity index (χ1v) is 5.73. The van der Waals surface area contributed by atoms with Crippen molar-refractivity contribution in [3.8, 4) is 5.69 Å². The van der Waals surface area contributed by atoms with Crippen LogP contribution in [0.4, 0.5) is 0 Å². The van der Waals surface area contributed by atoms with Crippen LogP contribution in [0.15, 0.2) is 42.9 Å². The number of hydrogen-bond acceptors (Lipinski definition) is 2. The molecule has 0 amide bonds. The standard InChI is InChI=1S/C13H14N4/c1-10(2)16-9-12(8-14-16)17-13-6-4-3-5-11(13)7-15-17/h3-10H,1-2H3. The first-order valence-electron chi connectivity index (χ1n) is 5.73. The summed E-state index contributed by atoms with van der Waals surface area (Å²) >= 11 is 0. The van der Waals surface area contributed by atoms with Crippen molar-refractivity contribution in [2.45, 2.75) is 19.9 Å². The van der Waals surface area contributed by atoms with Crippen LogP contribution in [0.5, 0.6) is 0 Å². The van der Waals surface area contributed by atoms with Crippen molar-refractivity contribution in [3.05, 3.63) is 42.9 Å². The van der Waals surface area contributed by atoms with Gasteiger partial charge in [-0.3, -0.25) is 4.68 Å². The normalized spacial score (nSPS) is 11.5. The lowest BCUT2D eigenvalue weighted by Gasteiger charge is -2.03. The molecule has 0 bridgehead atoms. The number of aromatic nitrogens is 4.